The second kappa shape index (κ2) is 3.74. The lowest BCUT2D eigenvalue weighted by molar-refractivity contribution is -0.559. The largest absolute Gasteiger partial charge is 0.320 e. The molecule has 0 saturated carbocycles. The van der Waals surface area contributed by atoms with Crippen molar-refractivity contribution in [2.75, 3.05) is 0 Å². The molecule has 0 radical (unpaired) electrons. The first kappa shape index (κ1) is 11.3. The van der Waals surface area contributed by atoms with E-state index >= 15 is 0 Å². The van der Waals surface area contributed by atoms with Gasteiger partial charge < -0.3 is 0 Å². The fourth-order valence-electron chi connectivity index (χ4n) is 2.43. The number of fused-ring (bicyclic) bond motifs is 4. The summed E-state index contributed by atoms with van der Waals surface area (Å²) >= 11 is 5.91. The van der Waals surface area contributed by atoms with Crippen molar-refractivity contribution in [2.45, 2.75) is 0 Å². The Labute approximate surface area is 117 Å². The third-order valence-electron chi connectivity index (χ3n) is 3.33. The van der Waals surface area contributed by atoms with Gasteiger partial charge in [0.25, 0.3) is 0 Å². The molecule has 3 aromatic rings. The van der Waals surface area contributed by atoms with Crippen LogP contribution >= 0.6 is 11.6 Å². The molecule has 5 nitrogen and oxygen atoms in total. The first-order valence-corrected chi connectivity index (χ1v) is 6.34. The van der Waals surface area contributed by atoms with Gasteiger partial charge in [0.15, 0.2) is 4.54 Å². The predicted octanol–water partition coefficient (Wildman–Crippen LogP) is 2.14. The van der Waals surface area contributed by atoms with Crippen LogP contribution in [0.1, 0.15) is 16.2 Å². The van der Waals surface area contributed by atoms with Gasteiger partial charge in [0, 0.05) is 11.1 Å². The van der Waals surface area contributed by atoms with Crippen LogP contribution in [0.2, 0.25) is 5.02 Å². The molecular weight excluding hydrogens is 278 g/mol. The molecule has 1 aromatic heterocycles. The molecule has 4 rings (SSSR count). The quantitative estimate of drug-likeness (QED) is 0.465. The van der Waals surface area contributed by atoms with E-state index in [0.29, 0.717) is 31.8 Å². The zero-order valence-corrected chi connectivity index (χ0v) is 10.8. The summed E-state index contributed by atoms with van der Waals surface area (Å²) in [5, 5.41) is 0.446. The number of aromatic nitrogens is 3. The third kappa shape index (κ3) is 1.32. The lowest BCUT2D eigenvalue weighted by Gasteiger charge is -1.97. The van der Waals surface area contributed by atoms with Crippen molar-refractivity contribution in [3.63, 3.8) is 0 Å². The standard InChI is InChI=1S/C14H7ClN3O2/c15-8-5-6-10-12(7-8)18(20)17-11-4-2-1-3-9(11)13(19)14(17)16-10/h1-7H/q+1. The molecule has 0 aliphatic carbocycles. The van der Waals surface area contributed by atoms with E-state index in [1.165, 1.54) is 10.7 Å². The van der Waals surface area contributed by atoms with Crippen LogP contribution in [0.4, 0.5) is 0 Å². The summed E-state index contributed by atoms with van der Waals surface area (Å²) in [6.07, 6.45) is 0. The van der Waals surface area contributed by atoms with Gasteiger partial charge >= 0.3 is 5.52 Å². The molecule has 1 aliphatic rings. The van der Waals surface area contributed by atoms with Crippen molar-refractivity contribution in [1.82, 2.24) is 9.67 Å². The van der Waals surface area contributed by atoms with Crippen LogP contribution in [-0.2, 0) is 0 Å². The molecule has 0 saturated heterocycles. The zero-order chi connectivity index (χ0) is 13.9. The second-order valence-electron chi connectivity index (χ2n) is 4.50. The topological polar surface area (TPSA) is 57.9 Å². The summed E-state index contributed by atoms with van der Waals surface area (Å²) < 4.78 is 1.93. The van der Waals surface area contributed by atoms with Crippen LogP contribution < -0.4 is 4.54 Å². The van der Waals surface area contributed by atoms with Crippen LogP contribution in [-0.4, -0.2) is 15.4 Å². The van der Waals surface area contributed by atoms with E-state index in [9.17, 15) is 9.70 Å². The van der Waals surface area contributed by atoms with Crippen molar-refractivity contribution < 1.29 is 9.34 Å². The van der Waals surface area contributed by atoms with Gasteiger partial charge in [0.1, 0.15) is 11.2 Å². The van der Waals surface area contributed by atoms with Crippen molar-refractivity contribution in [2.24, 2.45) is 0 Å². The van der Waals surface area contributed by atoms with Gasteiger partial charge in [-0.1, -0.05) is 23.7 Å². The van der Waals surface area contributed by atoms with E-state index in [1.54, 1.807) is 36.4 Å². The van der Waals surface area contributed by atoms with Crippen molar-refractivity contribution in [1.29, 1.82) is 0 Å². The first-order chi connectivity index (χ1) is 9.66. The van der Waals surface area contributed by atoms with Gasteiger partial charge in [-0.3, -0.25) is 4.79 Å². The smallest absolute Gasteiger partial charge is 0.285 e. The maximum Gasteiger partial charge on any atom is 0.320 e. The van der Waals surface area contributed by atoms with E-state index in [2.05, 4.69) is 4.98 Å². The highest BCUT2D eigenvalue weighted by Crippen LogP contribution is 2.25. The van der Waals surface area contributed by atoms with Crippen molar-refractivity contribution in [3.05, 3.63) is 63.8 Å². The number of rotatable bonds is 0. The molecule has 6 heteroatoms. The maximum atomic E-state index is 12.5. The summed E-state index contributed by atoms with van der Waals surface area (Å²) in [6, 6.07) is 11.7. The molecule has 0 bridgehead atoms. The first-order valence-electron chi connectivity index (χ1n) is 5.96. The Hall–Kier alpha value is -2.53. The number of halogens is 1. The van der Waals surface area contributed by atoms with Crippen molar-refractivity contribution in [3.8, 4) is 5.69 Å². The predicted molar refractivity (Wildman–Crippen MR) is 72.9 cm³/mol. The lowest BCUT2D eigenvalue weighted by atomic mass is 10.1. The van der Waals surface area contributed by atoms with Gasteiger partial charge in [0.05, 0.1) is 10.5 Å². The number of para-hydroxylation sites is 1. The van der Waals surface area contributed by atoms with E-state index in [-0.39, 0.29) is 11.6 Å². The van der Waals surface area contributed by atoms with Gasteiger partial charge in [-0.15, -0.1) is 0 Å². The highest BCUT2D eigenvalue weighted by Gasteiger charge is 2.35. The van der Waals surface area contributed by atoms with E-state index in [4.69, 9.17) is 11.6 Å². The monoisotopic (exact) mass is 284 g/mol. The molecule has 20 heavy (non-hydrogen) atoms. The Morgan fingerprint density at radius 3 is 2.80 bits per heavy atom. The summed E-state index contributed by atoms with van der Waals surface area (Å²) in [6.45, 7) is 0. The lowest BCUT2D eigenvalue weighted by Crippen LogP contribution is -2.32. The molecule has 2 aromatic carbocycles. The minimum absolute atomic E-state index is 0.121. The Balaban J connectivity index is 2.21. The minimum Gasteiger partial charge on any atom is -0.285 e. The van der Waals surface area contributed by atoms with E-state index < -0.39 is 0 Å². The Bertz CT molecular complexity index is 962. The highest BCUT2D eigenvalue weighted by atomic mass is 35.5. The summed E-state index contributed by atoms with van der Waals surface area (Å²) in [7, 11) is 0. The molecule has 0 unspecified atom stereocenters. The molecule has 2 heterocycles. The van der Waals surface area contributed by atoms with Gasteiger partial charge in [-0.2, -0.15) is 0 Å². The van der Waals surface area contributed by atoms with Crippen LogP contribution in [0.5, 0.6) is 0 Å². The summed E-state index contributed by atoms with van der Waals surface area (Å²) in [5.41, 5.74) is 1.78. The molecular formula is C14H7ClN3O2+. The fraction of sp³-hybridized carbons (Fsp3) is 0. The van der Waals surface area contributed by atoms with Gasteiger partial charge in [-0.05, 0) is 28.9 Å². The van der Waals surface area contributed by atoms with Gasteiger partial charge in [0.2, 0.25) is 11.6 Å². The average molecular weight is 285 g/mol. The summed E-state index contributed by atoms with van der Waals surface area (Å²) in [4.78, 5) is 29.1. The SMILES string of the molecule is O=C1c2ccccc2-n2c1nc1ccc(Cl)cc1[n+]2=O. The number of nitrogens with zero attached hydrogens (tertiary/aromatic N) is 3. The number of ketones is 1. The summed E-state index contributed by atoms with van der Waals surface area (Å²) in [5.74, 6) is -0.127. The molecule has 0 amide bonds. The maximum absolute atomic E-state index is 12.5. The average Bonchev–Trinajstić information content (AvgIpc) is 2.74. The van der Waals surface area contributed by atoms with Crippen LogP contribution in [0.3, 0.4) is 0 Å². The van der Waals surface area contributed by atoms with Gasteiger partial charge in [-0.25, -0.2) is 4.98 Å². The van der Waals surface area contributed by atoms with E-state index in [1.807, 2.05) is 0 Å². The van der Waals surface area contributed by atoms with Crippen molar-refractivity contribution >= 4 is 28.4 Å². The van der Waals surface area contributed by atoms with Crippen LogP contribution in [0.25, 0.3) is 16.7 Å². The number of benzene rings is 2. The Kier molecular flexibility index (Phi) is 2.11. The molecule has 96 valence electrons. The number of hydrogen-bond donors (Lipinski definition) is 0. The van der Waals surface area contributed by atoms with Crippen LogP contribution in [0, 0.1) is 4.91 Å². The molecule has 0 atom stereocenters. The van der Waals surface area contributed by atoms with E-state index in [0.717, 1.165) is 0 Å². The molecule has 1 aliphatic heterocycles. The minimum atomic E-state index is -0.248. The molecule has 0 fully saturated rings. The number of hydrogen-bond acceptors (Lipinski definition) is 3. The fourth-order valence-corrected chi connectivity index (χ4v) is 2.60. The highest BCUT2D eigenvalue weighted by molar-refractivity contribution is 6.31. The molecule has 0 spiro atoms. The molecule has 0 N–H and O–H groups in total. The third-order valence-corrected chi connectivity index (χ3v) is 3.57. The Morgan fingerprint density at radius 2 is 1.95 bits per heavy atom. The normalized spacial score (nSPS) is 12.6. The Morgan fingerprint density at radius 1 is 1.15 bits per heavy atom. The number of carbonyl (C=O) groups is 1. The second-order valence-corrected chi connectivity index (χ2v) is 4.94. The van der Waals surface area contributed by atoms with Crippen LogP contribution in [0.15, 0.2) is 42.5 Å². The zero-order valence-electron chi connectivity index (χ0n) is 10.1. The number of carbonyl (C=O) groups excluding carboxylic acids is 1.